The van der Waals surface area contributed by atoms with Crippen molar-refractivity contribution in [1.82, 2.24) is 0 Å². The van der Waals surface area contributed by atoms with Crippen molar-refractivity contribution in [3.05, 3.63) is 72.6 Å². The highest BCUT2D eigenvalue weighted by Gasteiger charge is 2.40. The quantitative estimate of drug-likeness (QED) is 0.395. The normalized spacial score (nSPS) is 24.5. The molecule has 2 saturated heterocycles. The molecule has 2 unspecified atom stereocenters. The molecule has 0 bridgehead atoms. The van der Waals surface area contributed by atoms with Gasteiger partial charge in [-0.1, -0.05) is 42.5 Å². The van der Waals surface area contributed by atoms with Crippen molar-refractivity contribution < 1.29 is 28.6 Å². The van der Waals surface area contributed by atoms with Crippen molar-refractivity contribution in [2.24, 2.45) is 4.99 Å². The molecule has 2 aromatic rings. The molecule has 38 heavy (non-hydrogen) atoms. The lowest BCUT2D eigenvalue weighted by molar-refractivity contribution is -0.338. The van der Waals surface area contributed by atoms with Crippen molar-refractivity contribution in [2.75, 3.05) is 26.4 Å². The molecule has 0 aliphatic carbocycles. The number of ether oxygens (including phenoxy) is 4. The second kappa shape index (κ2) is 12.3. The molecule has 3 atom stereocenters. The van der Waals surface area contributed by atoms with E-state index in [4.69, 9.17) is 18.9 Å². The van der Waals surface area contributed by atoms with Crippen LogP contribution in [0.2, 0.25) is 0 Å². The number of aliphatic hydroxyl groups excluding tert-OH is 1. The lowest BCUT2D eigenvalue weighted by Crippen LogP contribution is -2.48. The van der Waals surface area contributed by atoms with E-state index in [1.807, 2.05) is 35.1 Å². The highest BCUT2D eigenvalue weighted by molar-refractivity contribution is 6.27. The Morgan fingerprint density at radius 3 is 2.53 bits per heavy atom. The van der Waals surface area contributed by atoms with Crippen LogP contribution in [0.4, 0.5) is 0 Å². The largest absolute Gasteiger partial charge is 0.488 e. The van der Waals surface area contributed by atoms with Crippen LogP contribution in [-0.2, 0) is 14.2 Å². The number of aliphatic imine (C=N–C) groups is 1. The summed E-state index contributed by atoms with van der Waals surface area (Å²) in [6.45, 7) is 4.11. The molecule has 8 heteroatoms. The van der Waals surface area contributed by atoms with E-state index in [-0.39, 0.29) is 19.0 Å². The zero-order valence-electron chi connectivity index (χ0n) is 22.2. The first-order valence-electron chi connectivity index (χ1n) is 13.4. The van der Waals surface area contributed by atoms with Crippen LogP contribution in [-0.4, -0.2) is 75.5 Å². The minimum atomic E-state index is -0.535. The summed E-state index contributed by atoms with van der Waals surface area (Å²) in [7, 11) is 0.731. The third-order valence-corrected chi connectivity index (χ3v) is 7.65. The Balaban J connectivity index is 1.25. The van der Waals surface area contributed by atoms with Gasteiger partial charge in [0.2, 0.25) is 0 Å². The summed E-state index contributed by atoms with van der Waals surface area (Å²) in [4.78, 5) is 4.59. The number of nitrogens with zero attached hydrogens (tertiary/aromatic N) is 2. The van der Waals surface area contributed by atoms with Crippen molar-refractivity contribution in [3.8, 4) is 16.9 Å². The fourth-order valence-corrected chi connectivity index (χ4v) is 5.51. The zero-order valence-corrected chi connectivity index (χ0v) is 24.2. The zero-order chi connectivity index (χ0) is 26.4. The lowest BCUT2D eigenvalue weighted by Gasteiger charge is -2.30. The van der Waals surface area contributed by atoms with Crippen LogP contribution in [0.5, 0.6) is 5.75 Å². The monoisotopic (exact) mass is 533 g/mol. The molecule has 3 aliphatic rings. The van der Waals surface area contributed by atoms with E-state index in [0.29, 0.717) is 6.61 Å². The van der Waals surface area contributed by atoms with Crippen LogP contribution >= 0.6 is 0 Å². The molecule has 5 rings (SSSR count). The van der Waals surface area contributed by atoms with Gasteiger partial charge in [0, 0.05) is 13.0 Å². The number of rotatable bonds is 9. The van der Waals surface area contributed by atoms with Crippen molar-refractivity contribution >= 4 is 27.9 Å². The van der Waals surface area contributed by atoms with Gasteiger partial charge in [0.15, 0.2) is 17.7 Å². The van der Waals surface area contributed by atoms with Crippen LogP contribution in [0.15, 0.2) is 72.0 Å². The van der Waals surface area contributed by atoms with Gasteiger partial charge in [-0.25, -0.2) is 0 Å². The number of benzene rings is 2. The van der Waals surface area contributed by atoms with Crippen LogP contribution < -0.4 is 4.74 Å². The Bertz CT molecular complexity index is 1210. The average molecular weight is 534 g/mol. The summed E-state index contributed by atoms with van der Waals surface area (Å²) in [6, 6.07) is 16.6. The van der Waals surface area contributed by atoms with Crippen molar-refractivity contribution in [1.29, 1.82) is 0 Å². The lowest BCUT2D eigenvalue weighted by atomic mass is 10.0. The van der Waals surface area contributed by atoms with E-state index in [1.54, 1.807) is 6.20 Å². The first-order chi connectivity index (χ1) is 18.5. The summed E-state index contributed by atoms with van der Waals surface area (Å²) in [5, 5.41) is 9.65. The van der Waals surface area contributed by atoms with Gasteiger partial charge in [-0.05, 0) is 66.1 Å². The first-order valence-corrected chi connectivity index (χ1v) is 14.4. The predicted octanol–water partition coefficient (Wildman–Crippen LogP) is 3.49. The van der Waals surface area contributed by atoms with E-state index >= 15 is 0 Å². The molecule has 1 N–H and O–H groups in total. The van der Waals surface area contributed by atoms with E-state index in [0.717, 1.165) is 83.1 Å². The van der Waals surface area contributed by atoms with Gasteiger partial charge < -0.3 is 24.1 Å². The van der Waals surface area contributed by atoms with E-state index in [1.165, 1.54) is 0 Å². The Kier molecular flexibility index (Phi) is 8.66. The highest BCUT2D eigenvalue weighted by atomic mass is 28.1. The van der Waals surface area contributed by atoms with E-state index in [9.17, 15) is 5.11 Å². The molecule has 0 radical (unpaired) electrons. The maximum Gasteiger partial charge on any atom is 0.330 e. The fraction of sp³-hybridized carbons (Fsp3) is 0.400. The molecule has 2 fully saturated rings. The van der Waals surface area contributed by atoms with Crippen LogP contribution in [0.1, 0.15) is 38.2 Å². The van der Waals surface area contributed by atoms with Gasteiger partial charge in [0.1, 0.15) is 30.4 Å². The smallest absolute Gasteiger partial charge is 0.330 e. The molecule has 3 heterocycles. The van der Waals surface area contributed by atoms with Gasteiger partial charge in [-0.15, -0.1) is 0 Å². The summed E-state index contributed by atoms with van der Waals surface area (Å²) in [5.74, 6) is 1.66. The number of hydrogen-bond acceptors (Lipinski definition) is 6. The van der Waals surface area contributed by atoms with Crippen molar-refractivity contribution in [3.63, 3.8) is 0 Å². The number of aliphatic hydroxyl groups is 1. The maximum absolute atomic E-state index is 10.2. The second-order valence-corrected chi connectivity index (χ2v) is 12.2. The molecular formula is C30H37N2O5Si+. The minimum absolute atomic E-state index is 0.114. The molecule has 200 valence electrons. The molecular weight excluding hydrogens is 496 g/mol. The Morgan fingerprint density at radius 2 is 1.87 bits per heavy atom. The fourth-order valence-electron chi connectivity index (χ4n) is 4.88. The third kappa shape index (κ3) is 6.57. The predicted molar refractivity (Wildman–Crippen MR) is 153 cm³/mol. The van der Waals surface area contributed by atoms with Gasteiger partial charge >= 0.3 is 5.84 Å². The summed E-state index contributed by atoms with van der Waals surface area (Å²) >= 11 is 0. The number of amidine groups is 1. The summed E-state index contributed by atoms with van der Waals surface area (Å²) in [5.41, 5.74) is 4.05. The molecule has 2 aromatic carbocycles. The molecule has 0 aromatic heterocycles. The first kappa shape index (κ1) is 26.7. The Morgan fingerprint density at radius 1 is 1.11 bits per heavy atom. The van der Waals surface area contributed by atoms with Crippen LogP contribution in [0.3, 0.4) is 0 Å². The summed E-state index contributed by atoms with van der Waals surface area (Å²) in [6.07, 6.45) is 11.6. The second-order valence-electron chi connectivity index (χ2n) is 10.3. The Hall–Kier alpha value is -2.88. The van der Waals surface area contributed by atoms with E-state index in [2.05, 4.69) is 48.3 Å². The highest BCUT2D eigenvalue weighted by Crippen LogP contribution is 2.25. The Labute approximate surface area is 227 Å². The molecule has 7 nitrogen and oxygen atoms in total. The van der Waals surface area contributed by atoms with Gasteiger partial charge in [0.25, 0.3) is 0 Å². The third-order valence-electron chi connectivity index (χ3n) is 6.97. The molecule has 0 spiro atoms. The van der Waals surface area contributed by atoms with Gasteiger partial charge in [-0.2, -0.15) is 4.58 Å². The topological polar surface area (TPSA) is 72.5 Å². The minimum Gasteiger partial charge on any atom is -0.488 e. The molecule has 0 amide bonds. The van der Waals surface area contributed by atoms with Crippen molar-refractivity contribution in [2.45, 2.75) is 50.2 Å². The van der Waals surface area contributed by atoms with Crippen LogP contribution in [0, 0.1) is 0 Å². The van der Waals surface area contributed by atoms with E-state index < -0.39 is 5.22 Å². The standard InChI is InChI=1S/C30H37N2O5Si/c1-30(38,37-28-4-2-3-18-35-28)29-31-16-17-32(29)25(20-33)12-7-22-5-8-23(9-6-22)24-10-13-26(14-11-24)36-27-15-19-34-21-27/h5-14,16-17,27-28,33H,2-4,15,18-21H2,1,38H3/q+1/b12-7+,32-25+/t27-,28?,30?/m0/s1. The SMILES string of the molecule is CC([SiH3])(OC1CCCCO1)C1=NC=C/[N+]1=C(/C=C/c1ccc(-c2ccc(O[C@H]3CCOC3)cc2)cc1)CO. The van der Waals surface area contributed by atoms with Gasteiger partial charge in [-0.3, -0.25) is 0 Å². The average Bonchev–Trinajstić information content (AvgIpc) is 3.64. The van der Waals surface area contributed by atoms with Gasteiger partial charge in [0.05, 0.1) is 23.5 Å². The molecule has 3 aliphatic heterocycles. The summed E-state index contributed by atoms with van der Waals surface area (Å²) < 4.78 is 25.4. The number of hydrogen-bond donors (Lipinski definition) is 1. The molecule has 0 saturated carbocycles. The van der Waals surface area contributed by atoms with Crippen LogP contribution in [0.25, 0.3) is 17.2 Å². The maximum atomic E-state index is 10.2.